The van der Waals surface area contributed by atoms with Gasteiger partial charge in [0.1, 0.15) is 11.6 Å². The lowest BCUT2D eigenvalue weighted by molar-refractivity contribution is -0.128. The summed E-state index contributed by atoms with van der Waals surface area (Å²) in [5.74, 6) is -1.05. The molecule has 0 saturated heterocycles. The first-order valence-corrected chi connectivity index (χ1v) is 8.66. The molecule has 0 radical (unpaired) electrons. The van der Waals surface area contributed by atoms with Crippen LogP contribution in [-0.4, -0.2) is 24.2 Å². The number of aryl methyl sites for hydroxylation is 1. The molecular weight excluding hydrogens is 367 g/mol. The van der Waals surface area contributed by atoms with Crippen LogP contribution in [0.5, 0.6) is 5.75 Å². The van der Waals surface area contributed by atoms with E-state index in [1.807, 2.05) is 13.0 Å². The number of hydrazine groups is 1. The molecule has 0 saturated carbocycles. The van der Waals surface area contributed by atoms with E-state index in [9.17, 15) is 14.0 Å². The van der Waals surface area contributed by atoms with Crippen LogP contribution in [0.15, 0.2) is 47.4 Å². The fourth-order valence-electron chi connectivity index (χ4n) is 1.78. The molecule has 2 N–H and O–H groups in total. The fourth-order valence-corrected chi connectivity index (χ4v) is 2.69. The summed E-state index contributed by atoms with van der Waals surface area (Å²) in [6, 6.07) is 11.3. The second-order valence-corrected chi connectivity index (χ2v) is 6.46. The molecule has 2 aromatic carbocycles. The molecule has 2 rings (SSSR count). The second kappa shape index (κ2) is 9.29. The third-order valence-corrected chi connectivity index (χ3v) is 4.34. The lowest BCUT2D eigenvalue weighted by Crippen LogP contribution is -2.44. The molecule has 0 unspecified atom stereocenters. The van der Waals surface area contributed by atoms with Crippen molar-refractivity contribution in [3.63, 3.8) is 0 Å². The monoisotopic (exact) mass is 382 g/mol. The van der Waals surface area contributed by atoms with Crippen molar-refractivity contribution in [3.8, 4) is 5.75 Å². The number of amides is 2. The Morgan fingerprint density at radius 1 is 1.16 bits per heavy atom. The third kappa shape index (κ3) is 6.28. The maximum absolute atomic E-state index is 13.4. The van der Waals surface area contributed by atoms with Gasteiger partial charge >= 0.3 is 0 Å². The van der Waals surface area contributed by atoms with E-state index in [2.05, 4.69) is 10.9 Å². The predicted octanol–water partition coefficient (Wildman–Crippen LogP) is 3.11. The van der Waals surface area contributed by atoms with Crippen molar-refractivity contribution in [3.05, 3.63) is 58.9 Å². The van der Waals surface area contributed by atoms with E-state index < -0.39 is 17.6 Å². The molecule has 25 heavy (non-hydrogen) atoms. The van der Waals surface area contributed by atoms with Crippen LogP contribution in [0, 0.1) is 12.7 Å². The van der Waals surface area contributed by atoms with Gasteiger partial charge in [-0.3, -0.25) is 20.4 Å². The van der Waals surface area contributed by atoms with Gasteiger partial charge < -0.3 is 4.74 Å². The molecule has 0 atom stereocenters. The maximum atomic E-state index is 13.4. The number of carbonyl (C=O) groups is 2. The zero-order valence-corrected chi connectivity index (χ0v) is 14.9. The highest BCUT2D eigenvalue weighted by Gasteiger charge is 2.09. The fraction of sp³-hybridized carbons (Fsp3) is 0.176. The van der Waals surface area contributed by atoms with E-state index in [1.54, 1.807) is 30.3 Å². The Kier molecular flexibility index (Phi) is 7.09. The molecular formula is C17H16ClFN2O3S. The molecule has 0 fully saturated rings. The molecule has 2 amide bonds. The van der Waals surface area contributed by atoms with Crippen molar-refractivity contribution in [1.29, 1.82) is 0 Å². The van der Waals surface area contributed by atoms with E-state index in [-0.39, 0.29) is 12.4 Å². The van der Waals surface area contributed by atoms with Gasteiger partial charge in [0.25, 0.3) is 5.91 Å². The van der Waals surface area contributed by atoms with Gasteiger partial charge in [0.05, 0.1) is 10.8 Å². The Balaban J connectivity index is 1.71. The molecule has 5 nitrogen and oxygen atoms in total. The van der Waals surface area contributed by atoms with E-state index in [1.165, 1.54) is 6.07 Å². The number of benzene rings is 2. The number of carbonyl (C=O) groups excluding carboxylic acids is 2. The first-order chi connectivity index (χ1) is 12.0. The Morgan fingerprint density at radius 2 is 1.88 bits per heavy atom. The van der Waals surface area contributed by atoms with Crippen LogP contribution in [0.3, 0.4) is 0 Å². The van der Waals surface area contributed by atoms with Gasteiger partial charge in [-0.15, -0.1) is 11.8 Å². The minimum atomic E-state index is -0.540. The molecule has 0 aliphatic heterocycles. The summed E-state index contributed by atoms with van der Waals surface area (Å²) in [5.41, 5.74) is 5.41. The number of hydrogen-bond donors (Lipinski definition) is 2. The van der Waals surface area contributed by atoms with E-state index in [0.29, 0.717) is 15.7 Å². The molecule has 0 heterocycles. The lowest BCUT2D eigenvalue weighted by atomic mass is 10.2. The third-order valence-electron chi connectivity index (χ3n) is 2.98. The van der Waals surface area contributed by atoms with Crippen LogP contribution in [0.4, 0.5) is 4.39 Å². The van der Waals surface area contributed by atoms with Crippen molar-refractivity contribution in [2.24, 2.45) is 0 Å². The van der Waals surface area contributed by atoms with Crippen molar-refractivity contribution < 1.29 is 18.7 Å². The van der Waals surface area contributed by atoms with Crippen molar-refractivity contribution in [2.75, 3.05) is 12.4 Å². The molecule has 132 valence electrons. The minimum absolute atomic E-state index is 0.0359. The molecule has 0 bridgehead atoms. The molecule has 0 aromatic heterocycles. The number of rotatable bonds is 6. The lowest BCUT2D eigenvalue weighted by Gasteiger charge is -2.10. The predicted molar refractivity (Wildman–Crippen MR) is 95.1 cm³/mol. The number of hydrogen-bond acceptors (Lipinski definition) is 4. The summed E-state index contributed by atoms with van der Waals surface area (Å²) in [4.78, 5) is 23.7. The van der Waals surface area contributed by atoms with Crippen LogP contribution in [0.2, 0.25) is 5.02 Å². The van der Waals surface area contributed by atoms with Crippen LogP contribution in [-0.2, 0) is 9.59 Å². The van der Waals surface area contributed by atoms with E-state index >= 15 is 0 Å². The van der Waals surface area contributed by atoms with Crippen molar-refractivity contribution in [2.45, 2.75) is 11.8 Å². The zero-order valence-electron chi connectivity index (χ0n) is 13.3. The summed E-state index contributed by atoms with van der Waals surface area (Å²) >= 11 is 6.99. The highest BCUT2D eigenvalue weighted by atomic mass is 35.5. The van der Waals surface area contributed by atoms with Gasteiger partial charge in [-0.2, -0.15) is 0 Å². The average Bonchev–Trinajstić information content (AvgIpc) is 2.60. The van der Waals surface area contributed by atoms with E-state index in [4.69, 9.17) is 16.3 Å². The number of thioether (sulfide) groups is 1. The Morgan fingerprint density at radius 3 is 2.64 bits per heavy atom. The molecule has 8 heteroatoms. The SMILES string of the molecule is Cc1ccc(Cl)c(OCC(=O)NNC(=O)CSc2ccccc2F)c1. The van der Waals surface area contributed by atoms with Gasteiger partial charge in [-0.25, -0.2) is 4.39 Å². The second-order valence-electron chi connectivity index (χ2n) is 5.04. The topological polar surface area (TPSA) is 67.4 Å². The first kappa shape index (κ1) is 19.1. The standard InChI is InChI=1S/C17H16ClFN2O3S/c1-11-6-7-12(18)14(8-11)24-9-16(22)20-21-17(23)10-25-15-5-3-2-4-13(15)19/h2-8H,9-10H2,1H3,(H,20,22)(H,21,23). The quantitative estimate of drug-likeness (QED) is 0.595. The summed E-state index contributed by atoms with van der Waals surface area (Å²) in [6.45, 7) is 1.57. The van der Waals surface area contributed by atoms with Crippen LogP contribution < -0.4 is 15.6 Å². The van der Waals surface area contributed by atoms with Gasteiger partial charge in [0.15, 0.2) is 6.61 Å². The van der Waals surface area contributed by atoms with E-state index in [0.717, 1.165) is 17.3 Å². The molecule has 0 spiro atoms. The number of nitrogens with one attached hydrogen (secondary N) is 2. The average molecular weight is 383 g/mol. The smallest absolute Gasteiger partial charge is 0.276 e. The molecule has 2 aromatic rings. The highest BCUT2D eigenvalue weighted by molar-refractivity contribution is 8.00. The summed E-state index contributed by atoms with van der Waals surface area (Å²) < 4.78 is 18.7. The van der Waals surface area contributed by atoms with Crippen molar-refractivity contribution in [1.82, 2.24) is 10.9 Å². The normalized spacial score (nSPS) is 10.2. The highest BCUT2D eigenvalue weighted by Crippen LogP contribution is 2.25. The van der Waals surface area contributed by atoms with Crippen LogP contribution in [0.25, 0.3) is 0 Å². The summed E-state index contributed by atoms with van der Waals surface area (Å²) in [7, 11) is 0. The largest absolute Gasteiger partial charge is 0.482 e. The van der Waals surface area contributed by atoms with Gasteiger partial charge in [-0.05, 0) is 36.8 Å². The van der Waals surface area contributed by atoms with Crippen molar-refractivity contribution >= 4 is 35.2 Å². The van der Waals surface area contributed by atoms with Gasteiger partial charge in [0.2, 0.25) is 5.91 Å². The Bertz CT molecular complexity index is 773. The number of halogens is 2. The summed E-state index contributed by atoms with van der Waals surface area (Å²) in [5, 5.41) is 0.392. The minimum Gasteiger partial charge on any atom is -0.482 e. The van der Waals surface area contributed by atoms with Gasteiger partial charge in [-0.1, -0.05) is 29.8 Å². The number of ether oxygens (including phenoxy) is 1. The van der Waals surface area contributed by atoms with Gasteiger partial charge in [0, 0.05) is 4.90 Å². The molecule has 0 aliphatic carbocycles. The summed E-state index contributed by atoms with van der Waals surface area (Å²) in [6.07, 6.45) is 0. The molecule has 0 aliphatic rings. The zero-order chi connectivity index (χ0) is 18.2. The van der Waals surface area contributed by atoms with Crippen LogP contribution >= 0.6 is 23.4 Å². The Hall–Kier alpha value is -2.25. The Labute approximate surface area is 153 Å². The first-order valence-electron chi connectivity index (χ1n) is 7.29. The maximum Gasteiger partial charge on any atom is 0.276 e. The van der Waals surface area contributed by atoms with Crippen LogP contribution in [0.1, 0.15) is 5.56 Å².